The number of amides is 4. The van der Waals surface area contributed by atoms with Crippen molar-refractivity contribution in [3.63, 3.8) is 0 Å². The van der Waals surface area contributed by atoms with Gasteiger partial charge in [-0.15, -0.1) is 11.8 Å². The van der Waals surface area contributed by atoms with E-state index in [1.54, 1.807) is 18.2 Å². The summed E-state index contributed by atoms with van der Waals surface area (Å²) in [6.45, 7) is 3.56. The van der Waals surface area contributed by atoms with Gasteiger partial charge in [0.2, 0.25) is 11.8 Å². The number of carbonyl (C=O) groups is 4. The number of likely N-dealkylation sites (tertiary alicyclic amines) is 1. The Kier molecular flexibility index (Phi) is 10.1. The molecule has 15 heteroatoms. The molecule has 0 saturated carbocycles. The summed E-state index contributed by atoms with van der Waals surface area (Å²) in [4.78, 5) is 63.4. The first-order valence-electron chi connectivity index (χ1n) is 17.9. The van der Waals surface area contributed by atoms with Gasteiger partial charge in [-0.1, -0.05) is 24.3 Å². The number of fused-ring (bicyclic) bond motifs is 2. The number of para-hydroxylation sites is 1. The van der Waals surface area contributed by atoms with Gasteiger partial charge in [0.1, 0.15) is 35.4 Å². The summed E-state index contributed by atoms with van der Waals surface area (Å²) in [6.07, 6.45) is 3.47. The van der Waals surface area contributed by atoms with Crippen molar-refractivity contribution in [1.82, 2.24) is 34.9 Å². The van der Waals surface area contributed by atoms with Crippen molar-refractivity contribution >= 4 is 52.2 Å². The molecule has 4 amide bonds. The van der Waals surface area contributed by atoms with Gasteiger partial charge in [0.25, 0.3) is 11.8 Å². The van der Waals surface area contributed by atoms with E-state index in [0.29, 0.717) is 35.2 Å². The number of hydrogen-bond donors (Lipinski definition) is 2. The number of rotatable bonds is 12. The molecule has 0 aliphatic carbocycles. The number of nitrogens with two attached hydrogens (primary N) is 1. The van der Waals surface area contributed by atoms with Crippen LogP contribution in [0.1, 0.15) is 52.4 Å². The maximum absolute atomic E-state index is 13.4. The molecule has 3 aromatic carbocycles. The van der Waals surface area contributed by atoms with Gasteiger partial charge in [0, 0.05) is 42.3 Å². The zero-order chi connectivity index (χ0) is 37.2. The number of aromatic nitrogens is 4. The molecule has 5 heterocycles. The third kappa shape index (κ3) is 7.05. The lowest BCUT2D eigenvalue weighted by molar-refractivity contribution is -0.136. The Balaban J connectivity index is 0.826. The summed E-state index contributed by atoms with van der Waals surface area (Å²) in [7, 11) is 0. The third-order valence-electron chi connectivity index (χ3n) is 9.99. The van der Waals surface area contributed by atoms with Crippen molar-refractivity contribution in [2.45, 2.75) is 42.7 Å². The molecule has 14 nitrogen and oxygen atoms in total. The Morgan fingerprint density at radius 1 is 0.852 bits per heavy atom. The molecule has 1 atom stereocenters. The number of piperidine rings is 2. The summed E-state index contributed by atoms with van der Waals surface area (Å²) < 4.78 is 14.0. The zero-order valence-corrected chi connectivity index (χ0v) is 30.2. The van der Waals surface area contributed by atoms with Crippen LogP contribution in [0.25, 0.3) is 22.3 Å². The van der Waals surface area contributed by atoms with Crippen molar-refractivity contribution in [3.8, 4) is 22.8 Å². The van der Waals surface area contributed by atoms with Crippen molar-refractivity contribution in [1.29, 1.82) is 0 Å². The maximum Gasteiger partial charge on any atom is 0.263 e. The second-order valence-electron chi connectivity index (χ2n) is 13.3. The average Bonchev–Trinajstić information content (AvgIpc) is 3.70. The van der Waals surface area contributed by atoms with Crippen molar-refractivity contribution in [2.75, 3.05) is 44.3 Å². The SMILES string of the molecule is Nc1ncnc2c1c(-c1ccc(Oc3ccccc3)cc1)nn2C1CCN(CCOCCSc2cccc3c2C(=O)N(C2CCC(=O)NC2=O)C3=O)CC1. The van der Waals surface area contributed by atoms with Crippen LogP contribution in [0.5, 0.6) is 11.5 Å². The highest BCUT2D eigenvalue weighted by molar-refractivity contribution is 7.99. The van der Waals surface area contributed by atoms with E-state index in [-0.39, 0.29) is 24.4 Å². The number of benzene rings is 3. The minimum atomic E-state index is -0.991. The Morgan fingerprint density at radius 2 is 1.63 bits per heavy atom. The lowest BCUT2D eigenvalue weighted by Crippen LogP contribution is -2.54. The molecule has 3 N–H and O–H groups in total. The topological polar surface area (TPSA) is 175 Å². The Bertz CT molecular complexity index is 2220. The number of hydrogen-bond acceptors (Lipinski definition) is 12. The van der Waals surface area contributed by atoms with E-state index in [1.807, 2.05) is 59.3 Å². The minimum absolute atomic E-state index is 0.0800. The first-order valence-corrected chi connectivity index (χ1v) is 18.9. The van der Waals surface area contributed by atoms with E-state index in [0.717, 1.165) is 71.2 Å². The summed E-state index contributed by atoms with van der Waals surface area (Å²) in [5.41, 5.74) is 9.33. The zero-order valence-electron chi connectivity index (χ0n) is 29.3. The second kappa shape index (κ2) is 15.4. The number of ether oxygens (including phenoxy) is 2. The van der Waals surface area contributed by atoms with E-state index in [9.17, 15) is 19.2 Å². The number of nitrogens with one attached hydrogen (secondary N) is 1. The Morgan fingerprint density at radius 3 is 2.41 bits per heavy atom. The smallest absolute Gasteiger partial charge is 0.263 e. The monoisotopic (exact) mass is 746 g/mol. The van der Waals surface area contributed by atoms with E-state index in [1.165, 1.54) is 18.1 Å². The van der Waals surface area contributed by atoms with Crippen molar-refractivity contribution in [2.24, 2.45) is 0 Å². The van der Waals surface area contributed by atoms with E-state index in [2.05, 4.69) is 20.2 Å². The Hall–Kier alpha value is -5.64. The van der Waals surface area contributed by atoms with Crippen LogP contribution in [0.4, 0.5) is 5.82 Å². The van der Waals surface area contributed by atoms with Gasteiger partial charge in [-0.05, 0) is 67.8 Å². The van der Waals surface area contributed by atoms with Crippen LogP contribution in [0.2, 0.25) is 0 Å². The fourth-order valence-corrected chi connectivity index (χ4v) is 8.19. The van der Waals surface area contributed by atoms with Gasteiger partial charge < -0.3 is 20.1 Å². The van der Waals surface area contributed by atoms with Crippen LogP contribution in [-0.2, 0) is 14.3 Å². The molecule has 54 heavy (non-hydrogen) atoms. The van der Waals surface area contributed by atoms with E-state index >= 15 is 0 Å². The molecule has 8 rings (SSSR count). The number of nitrogen functional groups attached to an aromatic ring is 1. The van der Waals surface area contributed by atoms with Crippen LogP contribution < -0.4 is 15.8 Å². The van der Waals surface area contributed by atoms with Crippen molar-refractivity contribution in [3.05, 3.63) is 90.3 Å². The third-order valence-corrected chi connectivity index (χ3v) is 11.0. The average molecular weight is 747 g/mol. The first-order chi connectivity index (χ1) is 26.4. The molecular formula is C39H38N8O6S. The number of nitrogens with zero attached hydrogens (tertiary/aromatic N) is 6. The van der Waals surface area contributed by atoms with Crippen LogP contribution in [0.15, 0.2) is 84.0 Å². The fourth-order valence-electron chi connectivity index (χ4n) is 7.26. The molecule has 0 bridgehead atoms. The summed E-state index contributed by atoms with van der Waals surface area (Å²) in [6, 6.07) is 21.7. The maximum atomic E-state index is 13.4. The molecule has 5 aromatic rings. The molecule has 0 radical (unpaired) electrons. The lowest BCUT2D eigenvalue weighted by atomic mass is 10.0. The lowest BCUT2D eigenvalue weighted by Gasteiger charge is -2.32. The van der Waals surface area contributed by atoms with Crippen molar-refractivity contribution < 1.29 is 28.7 Å². The molecule has 1 unspecified atom stereocenters. The molecule has 3 aliphatic rings. The molecule has 2 fully saturated rings. The largest absolute Gasteiger partial charge is 0.457 e. The number of anilines is 1. The number of thioether (sulfide) groups is 1. The molecule has 0 spiro atoms. The van der Waals surface area contributed by atoms with E-state index in [4.69, 9.17) is 20.3 Å². The standard InChI is InChI=1S/C39H38N8O6S/c40-35-33-34(24-9-11-27(12-10-24)53-26-5-2-1-3-6-26)44-47(36(33)42-23-41-35)25-15-17-45(18-16-25)19-20-52-21-22-54-30-8-4-7-28-32(30)39(51)46(38(28)50)29-13-14-31(48)43-37(29)49/h1-12,23,25,29H,13-22H2,(H2,40,41,42)(H,43,48,49). The summed E-state index contributed by atoms with van der Waals surface area (Å²) >= 11 is 1.44. The van der Waals surface area contributed by atoms with Gasteiger partial charge in [-0.3, -0.25) is 29.4 Å². The summed E-state index contributed by atoms with van der Waals surface area (Å²) in [5.74, 6) is 0.431. The van der Waals surface area contributed by atoms with Crippen LogP contribution in [0, 0.1) is 0 Å². The highest BCUT2D eigenvalue weighted by Crippen LogP contribution is 2.36. The highest BCUT2D eigenvalue weighted by atomic mass is 32.2. The van der Waals surface area contributed by atoms with Gasteiger partial charge in [0.15, 0.2) is 5.65 Å². The van der Waals surface area contributed by atoms with Crippen LogP contribution >= 0.6 is 11.8 Å². The number of carbonyl (C=O) groups excluding carboxylic acids is 4. The first kappa shape index (κ1) is 35.4. The van der Waals surface area contributed by atoms with Gasteiger partial charge in [0.05, 0.1) is 35.8 Å². The molecular weight excluding hydrogens is 709 g/mol. The quantitative estimate of drug-likeness (QED) is 0.102. The van der Waals surface area contributed by atoms with Gasteiger partial charge >= 0.3 is 0 Å². The summed E-state index contributed by atoms with van der Waals surface area (Å²) in [5, 5.41) is 8.02. The van der Waals surface area contributed by atoms with Gasteiger partial charge in [-0.2, -0.15) is 5.10 Å². The predicted molar refractivity (Wildman–Crippen MR) is 201 cm³/mol. The number of imide groups is 2. The molecule has 2 aromatic heterocycles. The Labute approximate surface area is 315 Å². The highest BCUT2D eigenvalue weighted by Gasteiger charge is 2.45. The van der Waals surface area contributed by atoms with E-state index < -0.39 is 29.7 Å². The molecule has 2 saturated heterocycles. The molecule has 276 valence electrons. The fraction of sp³-hybridized carbons (Fsp3) is 0.308. The second-order valence-corrected chi connectivity index (χ2v) is 14.5. The van der Waals surface area contributed by atoms with Crippen LogP contribution in [0.3, 0.4) is 0 Å². The predicted octanol–water partition coefficient (Wildman–Crippen LogP) is 4.71. The van der Waals surface area contributed by atoms with Crippen LogP contribution in [-0.4, -0.2) is 97.8 Å². The molecule has 3 aliphatic heterocycles. The minimum Gasteiger partial charge on any atom is -0.457 e. The van der Waals surface area contributed by atoms with Gasteiger partial charge in [-0.25, -0.2) is 14.6 Å². The normalized spacial score (nSPS) is 18.0.